The zero-order valence-electron chi connectivity index (χ0n) is 29.9. The molecule has 6 heteroatoms. The van der Waals surface area contributed by atoms with Crippen LogP contribution in [0.15, 0.2) is 120 Å². The number of anilines is 1. The summed E-state index contributed by atoms with van der Waals surface area (Å²) in [6.45, 7) is 15.9. The minimum Gasteiger partial charge on any atom is -0.344 e. The van der Waals surface area contributed by atoms with Crippen LogP contribution in [0.2, 0.25) is 0 Å². The number of rotatable bonds is 9. The fourth-order valence-corrected chi connectivity index (χ4v) is 8.11. The summed E-state index contributed by atoms with van der Waals surface area (Å²) in [6, 6.07) is 23.7. The lowest BCUT2D eigenvalue weighted by Crippen LogP contribution is -2.28. The second kappa shape index (κ2) is 13.2. The third-order valence-corrected chi connectivity index (χ3v) is 10.5. The molecule has 7 rings (SSSR count). The van der Waals surface area contributed by atoms with Crippen LogP contribution in [0, 0.1) is 0 Å². The van der Waals surface area contributed by atoms with Crippen molar-refractivity contribution in [3.63, 3.8) is 0 Å². The molecule has 3 aliphatic rings. The normalized spacial score (nSPS) is 19.8. The van der Waals surface area contributed by atoms with Crippen molar-refractivity contribution in [3.8, 4) is 11.4 Å². The third-order valence-electron chi connectivity index (χ3n) is 10.5. The molecule has 4 heterocycles. The van der Waals surface area contributed by atoms with E-state index in [4.69, 9.17) is 5.21 Å². The predicted octanol–water partition coefficient (Wildman–Crippen LogP) is 9.80. The molecule has 250 valence electrons. The average Bonchev–Trinajstić information content (AvgIpc) is 3.74. The van der Waals surface area contributed by atoms with Gasteiger partial charge in [-0.05, 0) is 80.5 Å². The van der Waals surface area contributed by atoms with E-state index < -0.39 is 0 Å². The first-order chi connectivity index (χ1) is 23.8. The number of pyridine rings is 1. The minimum atomic E-state index is -0.0913. The number of hydrogen-bond acceptors (Lipinski definition) is 4. The van der Waals surface area contributed by atoms with E-state index in [2.05, 4.69) is 134 Å². The first-order valence-corrected chi connectivity index (χ1v) is 18.0. The molecule has 0 amide bonds. The van der Waals surface area contributed by atoms with Gasteiger partial charge >= 0.3 is 0 Å². The summed E-state index contributed by atoms with van der Waals surface area (Å²) >= 11 is 0. The Labute approximate surface area is 291 Å². The molecular weight excluding hydrogens is 601 g/mol. The number of nitrogens with zero attached hydrogens (tertiary/aromatic N) is 6. The van der Waals surface area contributed by atoms with Crippen LogP contribution in [0.1, 0.15) is 84.8 Å². The van der Waals surface area contributed by atoms with Crippen molar-refractivity contribution < 1.29 is 4.58 Å². The fraction of sp³-hybridized carbons (Fsp3) is 0.349. The summed E-state index contributed by atoms with van der Waals surface area (Å²) in [5.41, 5.74) is 13.2. The Hall–Kier alpha value is -4.84. The highest BCUT2D eigenvalue weighted by atomic mass is 15.4. The van der Waals surface area contributed by atoms with Crippen molar-refractivity contribution in [3.05, 3.63) is 131 Å². The maximum atomic E-state index is 4.73. The zero-order valence-corrected chi connectivity index (χ0v) is 29.9. The second-order valence-electron chi connectivity index (χ2n) is 14.5. The number of hydrogen-bond donors (Lipinski definition) is 0. The van der Waals surface area contributed by atoms with Crippen LogP contribution >= 0.6 is 0 Å². The second-order valence-corrected chi connectivity index (χ2v) is 14.5. The van der Waals surface area contributed by atoms with Crippen LogP contribution in [0.3, 0.4) is 0 Å². The van der Waals surface area contributed by atoms with Crippen LogP contribution in [0.4, 0.5) is 11.4 Å². The highest BCUT2D eigenvalue weighted by Gasteiger charge is 2.44. The Morgan fingerprint density at radius 3 is 2.35 bits per heavy atom. The molecule has 4 aromatic rings. The molecule has 49 heavy (non-hydrogen) atoms. The van der Waals surface area contributed by atoms with Gasteiger partial charge in [-0.2, -0.15) is 4.58 Å². The van der Waals surface area contributed by atoms with Crippen LogP contribution in [-0.4, -0.2) is 43.4 Å². The van der Waals surface area contributed by atoms with Crippen molar-refractivity contribution >= 4 is 22.8 Å². The van der Waals surface area contributed by atoms with Crippen LogP contribution < -0.4 is 4.90 Å². The maximum absolute atomic E-state index is 4.73. The number of fused-ring (bicyclic) bond motifs is 2. The minimum absolute atomic E-state index is 0.0913. The number of aromatic nitrogens is 4. The van der Waals surface area contributed by atoms with Crippen LogP contribution in [0.25, 0.3) is 17.1 Å². The highest BCUT2D eigenvalue weighted by Crippen LogP contribution is 2.48. The summed E-state index contributed by atoms with van der Waals surface area (Å²) < 4.78 is 4.52. The molecule has 0 bridgehead atoms. The Bertz CT molecular complexity index is 2020. The van der Waals surface area contributed by atoms with Gasteiger partial charge in [0, 0.05) is 53.7 Å². The Morgan fingerprint density at radius 1 is 0.796 bits per heavy atom. The molecule has 0 radical (unpaired) electrons. The molecule has 2 aromatic carbocycles. The van der Waals surface area contributed by atoms with E-state index in [0.717, 1.165) is 62.3 Å². The Balaban J connectivity index is 1.36. The molecular formula is C43H49N6+. The van der Waals surface area contributed by atoms with Gasteiger partial charge < -0.3 is 4.90 Å². The van der Waals surface area contributed by atoms with Crippen molar-refractivity contribution in [1.29, 1.82) is 0 Å². The van der Waals surface area contributed by atoms with Crippen molar-refractivity contribution in [2.24, 2.45) is 0 Å². The smallest absolute Gasteiger partial charge is 0.209 e. The van der Waals surface area contributed by atoms with E-state index in [0.29, 0.717) is 0 Å². The van der Waals surface area contributed by atoms with Gasteiger partial charge in [-0.1, -0.05) is 87.5 Å². The van der Waals surface area contributed by atoms with E-state index in [9.17, 15) is 0 Å². The largest absolute Gasteiger partial charge is 0.344 e. The molecule has 1 aliphatic carbocycles. The molecule has 6 nitrogen and oxygen atoms in total. The molecule has 2 aliphatic heterocycles. The van der Waals surface area contributed by atoms with Crippen molar-refractivity contribution in [2.45, 2.75) is 84.5 Å². The maximum Gasteiger partial charge on any atom is 0.209 e. The van der Waals surface area contributed by atoms with Gasteiger partial charge in [0.1, 0.15) is 12.2 Å². The lowest BCUT2D eigenvalue weighted by Gasteiger charge is -2.27. The molecule has 0 spiro atoms. The third kappa shape index (κ3) is 5.81. The lowest BCUT2D eigenvalue weighted by molar-refractivity contribution is -0.437. The van der Waals surface area contributed by atoms with Gasteiger partial charge in [0.25, 0.3) is 0 Å². The first kappa shape index (κ1) is 32.7. The van der Waals surface area contributed by atoms with E-state index in [1.54, 1.807) is 0 Å². The first-order valence-electron chi connectivity index (χ1n) is 18.0. The molecule has 0 fully saturated rings. The van der Waals surface area contributed by atoms with E-state index in [1.165, 1.54) is 45.1 Å². The van der Waals surface area contributed by atoms with Gasteiger partial charge in [-0.15, -0.1) is 5.10 Å². The summed E-state index contributed by atoms with van der Waals surface area (Å²) in [4.78, 5) is 7.08. The monoisotopic (exact) mass is 649 g/mol. The fourth-order valence-electron chi connectivity index (χ4n) is 8.11. The summed E-state index contributed by atoms with van der Waals surface area (Å²) in [5, 5.41) is 9.34. The van der Waals surface area contributed by atoms with Gasteiger partial charge in [0.2, 0.25) is 5.69 Å². The van der Waals surface area contributed by atoms with Crippen molar-refractivity contribution in [2.75, 3.05) is 18.0 Å². The van der Waals surface area contributed by atoms with Gasteiger partial charge in [0.15, 0.2) is 5.71 Å². The number of para-hydroxylation sites is 2. The van der Waals surface area contributed by atoms with E-state index >= 15 is 0 Å². The molecule has 0 N–H and O–H groups in total. The van der Waals surface area contributed by atoms with Crippen molar-refractivity contribution in [1.82, 2.24) is 20.0 Å². The Morgan fingerprint density at radius 2 is 1.57 bits per heavy atom. The topological polar surface area (TPSA) is 49.9 Å². The molecule has 0 atom stereocenters. The van der Waals surface area contributed by atoms with Gasteiger partial charge in [-0.3, -0.25) is 4.98 Å². The van der Waals surface area contributed by atoms with Gasteiger partial charge in [-0.25, -0.2) is 4.68 Å². The number of allylic oxidation sites excluding steroid dienone is 8. The lowest BCUT2D eigenvalue weighted by atomic mass is 9.81. The quantitative estimate of drug-likeness (QED) is 0.169. The SMILES string of the molecule is CCCN1/C(=C/C=C2\CCCC(/C=C/C3=[N+](CCC)c4ccccc4C3(C)C)=C2n2cc(-c3ccccn3)nn2)C(C)(C)c2ccccc21. The van der Waals surface area contributed by atoms with Crippen LogP contribution in [0.5, 0.6) is 0 Å². The molecule has 0 saturated carbocycles. The molecule has 2 aromatic heterocycles. The predicted molar refractivity (Wildman–Crippen MR) is 202 cm³/mol. The summed E-state index contributed by atoms with van der Waals surface area (Å²) in [6.07, 6.45) is 18.5. The average molecular weight is 650 g/mol. The van der Waals surface area contributed by atoms with E-state index in [1.807, 2.05) is 35.3 Å². The standard InChI is InChI=1S/C43H49N6/c1-7-28-47-37-21-11-9-18-33(37)42(3,4)39(47)25-23-31-16-15-17-32(41(31)49-30-36(45-46-49)35-20-13-14-27-44-35)24-26-40-43(5,6)34-19-10-12-22-38(34)48(40)29-8-2/h9-14,18-27,30H,7-8,15-17,28-29H2,1-6H3/q+1. The molecule has 0 unspecified atom stereocenters. The van der Waals surface area contributed by atoms with E-state index in [-0.39, 0.29) is 10.8 Å². The van der Waals surface area contributed by atoms with Crippen LogP contribution in [-0.2, 0) is 10.8 Å². The highest BCUT2D eigenvalue weighted by molar-refractivity contribution is 6.03. The summed E-state index contributed by atoms with van der Waals surface area (Å²) in [5.74, 6) is 0. The summed E-state index contributed by atoms with van der Waals surface area (Å²) in [7, 11) is 0. The zero-order chi connectivity index (χ0) is 34.2. The Kier molecular flexibility index (Phi) is 8.82. The molecule has 0 saturated heterocycles. The number of benzene rings is 2. The van der Waals surface area contributed by atoms with Gasteiger partial charge in [0.05, 0.1) is 23.0 Å².